The first-order chi connectivity index (χ1) is 6.07. The highest BCUT2D eigenvalue weighted by atomic mass is 16.3. The van der Waals surface area contributed by atoms with E-state index in [1.165, 1.54) is 0 Å². The van der Waals surface area contributed by atoms with Crippen molar-refractivity contribution in [1.29, 1.82) is 0 Å². The summed E-state index contributed by atoms with van der Waals surface area (Å²) in [7, 11) is 0. The molecule has 0 heterocycles. The van der Waals surface area contributed by atoms with Crippen LogP contribution in [0.5, 0.6) is 0 Å². The second-order valence-corrected chi connectivity index (χ2v) is 4.57. The Kier molecular flexibility index (Phi) is 1.65. The number of hydrogen-bond acceptors (Lipinski definition) is 3. The van der Waals surface area contributed by atoms with E-state index in [4.69, 9.17) is 0 Å². The van der Waals surface area contributed by atoms with Crippen molar-refractivity contribution in [2.45, 2.75) is 20.3 Å². The number of nitroso groups, excluding NO2 is 1. The molecule has 3 aliphatic carbocycles. The molecule has 2 bridgehead atoms. The lowest BCUT2D eigenvalue weighted by Crippen LogP contribution is -2.52. The van der Waals surface area contributed by atoms with Crippen LogP contribution in [0.25, 0.3) is 0 Å². The third-order valence-corrected chi connectivity index (χ3v) is 3.63. The first kappa shape index (κ1) is 8.60. The maximum absolute atomic E-state index is 11.5. The first-order valence-corrected chi connectivity index (χ1v) is 4.61. The van der Waals surface area contributed by atoms with Crippen LogP contribution in [0.15, 0.2) is 16.8 Å². The Morgan fingerprint density at radius 1 is 1.54 bits per heavy atom. The van der Waals surface area contributed by atoms with E-state index in [0.717, 1.165) is 12.0 Å². The van der Waals surface area contributed by atoms with Crippen LogP contribution in [0, 0.1) is 22.2 Å². The molecule has 3 rings (SSSR count). The van der Waals surface area contributed by atoms with Crippen molar-refractivity contribution in [1.82, 2.24) is 0 Å². The van der Waals surface area contributed by atoms with Gasteiger partial charge in [0, 0.05) is 5.92 Å². The van der Waals surface area contributed by atoms with Crippen LogP contribution in [-0.4, -0.2) is 12.3 Å². The van der Waals surface area contributed by atoms with Crippen LogP contribution in [0.3, 0.4) is 0 Å². The lowest BCUT2D eigenvalue weighted by molar-refractivity contribution is -0.133. The molecule has 0 unspecified atom stereocenters. The monoisotopic (exact) mass is 179 g/mol. The van der Waals surface area contributed by atoms with E-state index in [0.29, 0.717) is 5.92 Å². The van der Waals surface area contributed by atoms with Crippen molar-refractivity contribution in [2.24, 2.45) is 22.4 Å². The van der Waals surface area contributed by atoms with Crippen LogP contribution >= 0.6 is 0 Å². The number of carbonyl (C=O) groups excluding carboxylic acids is 1. The number of allylic oxidation sites excluding steroid dienone is 1. The SMILES string of the molecule is CC1(C)[C@@H]2C[C@@H]1C(CN=O)=CC2=O. The van der Waals surface area contributed by atoms with Crippen LogP contribution in [0.2, 0.25) is 0 Å². The summed E-state index contributed by atoms with van der Waals surface area (Å²) in [4.78, 5) is 21.7. The summed E-state index contributed by atoms with van der Waals surface area (Å²) in [5.41, 5.74) is 0.999. The molecule has 0 N–H and O–H groups in total. The van der Waals surface area contributed by atoms with Crippen LogP contribution in [0.1, 0.15) is 20.3 Å². The summed E-state index contributed by atoms with van der Waals surface area (Å²) in [6, 6.07) is 0. The van der Waals surface area contributed by atoms with E-state index in [1.54, 1.807) is 6.08 Å². The molecule has 1 saturated carbocycles. The highest BCUT2D eigenvalue weighted by Gasteiger charge is 2.55. The second kappa shape index (κ2) is 2.50. The summed E-state index contributed by atoms with van der Waals surface area (Å²) in [5, 5.41) is 2.86. The van der Waals surface area contributed by atoms with Crippen molar-refractivity contribution >= 4 is 5.78 Å². The third-order valence-electron chi connectivity index (χ3n) is 3.63. The highest BCUT2D eigenvalue weighted by Crippen LogP contribution is 2.57. The minimum absolute atomic E-state index is 0.0614. The van der Waals surface area contributed by atoms with Gasteiger partial charge in [0.15, 0.2) is 5.78 Å². The zero-order chi connectivity index (χ0) is 9.64. The molecule has 0 radical (unpaired) electrons. The lowest BCUT2D eigenvalue weighted by atomic mass is 9.48. The molecule has 0 amide bonds. The van der Waals surface area contributed by atoms with Crippen LogP contribution < -0.4 is 0 Å². The molecule has 3 nitrogen and oxygen atoms in total. The van der Waals surface area contributed by atoms with Gasteiger partial charge >= 0.3 is 0 Å². The van der Waals surface area contributed by atoms with E-state index in [1.807, 2.05) is 0 Å². The van der Waals surface area contributed by atoms with E-state index >= 15 is 0 Å². The highest BCUT2D eigenvalue weighted by molar-refractivity contribution is 5.96. The van der Waals surface area contributed by atoms with Crippen molar-refractivity contribution in [2.75, 3.05) is 6.54 Å². The van der Waals surface area contributed by atoms with Crippen molar-refractivity contribution in [3.05, 3.63) is 16.6 Å². The van der Waals surface area contributed by atoms with Gasteiger partial charge in [-0.1, -0.05) is 19.0 Å². The number of ketones is 1. The largest absolute Gasteiger partial charge is 0.295 e. The molecule has 1 fully saturated rings. The summed E-state index contributed by atoms with van der Waals surface area (Å²) >= 11 is 0. The number of fused-ring (bicyclic) bond motifs is 1. The molecule has 0 aromatic rings. The number of carbonyl (C=O) groups is 1. The molecule has 3 heteroatoms. The maximum Gasteiger partial charge on any atom is 0.159 e. The van der Waals surface area contributed by atoms with Crippen molar-refractivity contribution in [3.8, 4) is 0 Å². The molecule has 0 aliphatic heterocycles. The average molecular weight is 179 g/mol. The zero-order valence-electron chi connectivity index (χ0n) is 7.91. The van der Waals surface area contributed by atoms with Gasteiger partial charge < -0.3 is 0 Å². The Morgan fingerprint density at radius 2 is 2.23 bits per heavy atom. The fourth-order valence-corrected chi connectivity index (χ4v) is 2.65. The lowest BCUT2D eigenvalue weighted by Gasteiger charge is -2.54. The van der Waals surface area contributed by atoms with Gasteiger partial charge in [-0.2, -0.15) is 4.91 Å². The van der Waals surface area contributed by atoms with Gasteiger partial charge in [0.25, 0.3) is 0 Å². The molecular weight excluding hydrogens is 166 g/mol. The Bertz CT molecular complexity index is 304. The predicted molar refractivity (Wildman–Crippen MR) is 49.1 cm³/mol. The topological polar surface area (TPSA) is 46.5 Å². The van der Waals surface area contributed by atoms with Gasteiger partial charge in [0.05, 0.1) is 0 Å². The molecule has 3 aliphatic rings. The summed E-state index contributed by atoms with van der Waals surface area (Å²) in [6.45, 7) is 4.38. The average Bonchev–Trinajstić information content (AvgIpc) is 2.03. The zero-order valence-corrected chi connectivity index (χ0v) is 7.91. The number of nitrogens with zero attached hydrogens (tertiary/aromatic N) is 1. The fraction of sp³-hybridized carbons (Fsp3) is 0.700. The number of hydrogen-bond donors (Lipinski definition) is 0. The van der Waals surface area contributed by atoms with Gasteiger partial charge in [-0.05, 0) is 29.4 Å². The van der Waals surface area contributed by atoms with Crippen molar-refractivity contribution < 1.29 is 4.79 Å². The molecule has 0 aromatic heterocycles. The number of rotatable bonds is 2. The van der Waals surface area contributed by atoms with E-state index in [-0.39, 0.29) is 23.7 Å². The van der Waals surface area contributed by atoms with Crippen LogP contribution in [0.4, 0.5) is 0 Å². The van der Waals surface area contributed by atoms with Gasteiger partial charge in [0.2, 0.25) is 0 Å². The molecule has 13 heavy (non-hydrogen) atoms. The van der Waals surface area contributed by atoms with Crippen molar-refractivity contribution in [3.63, 3.8) is 0 Å². The third kappa shape index (κ3) is 0.992. The standard InChI is InChI=1S/C10H13NO2/c1-10(2)7-4-8(10)9(12)3-6(7)5-11-13/h3,7-8H,4-5H2,1-2H3/t7-,8-/m1/s1. The van der Waals surface area contributed by atoms with Crippen LogP contribution in [-0.2, 0) is 4.79 Å². The van der Waals surface area contributed by atoms with E-state index < -0.39 is 0 Å². The quantitative estimate of drug-likeness (QED) is 0.608. The van der Waals surface area contributed by atoms with Gasteiger partial charge in [-0.25, -0.2) is 0 Å². The molecule has 70 valence electrons. The predicted octanol–water partition coefficient (Wildman–Crippen LogP) is 1.92. The molecule has 0 saturated heterocycles. The molecule has 0 spiro atoms. The first-order valence-electron chi connectivity index (χ1n) is 4.61. The van der Waals surface area contributed by atoms with E-state index in [9.17, 15) is 9.70 Å². The van der Waals surface area contributed by atoms with Gasteiger partial charge in [0.1, 0.15) is 6.54 Å². The Hall–Kier alpha value is -0.990. The Labute approximate surface area is 77.2 Å². The fourth-order valence-electron chi connectivity index (χ4n) is 2.65. The van der Waals surface area contributed by atoms with Gasteiger partial charge in [-0.3, -0.25) is 4.79 Å². The Morgan fingerprint density at radius 3 is 2.69 bits per heavy atom. The minimum Gasteiger partial charge on any atom is -0.295 e. The molecule has 2 atom stereocenters. The smallest absolute Gasteiger partial charge is 0.159 e. The van der Waals surface area contributed by atoms with Gasteiger partial charge in [-0.15, -0.1) is 0 Å². The second-order valence-electron chi connectivity index (χ2n) is 4.57. The summed E-state index contributed by atoms with van der Waals surface area (Å²) < 4.78 is 0. The Balaban J connectivity index is 2.31. The van der Waals surface area contributed by atoms with E-state index in [2.05, 4.69) is 19.0 Å². The summed E-state index contributed by atoms with van der Waals surface area (Å²) in [5.74, 6) is 0.784. The summed E-state index contributed by atoms with van der Waals surface area (Å²) in [6.07, 6.45) is 2.55. The molecule has 0 aromatic carbocycles. The normalized spacial score (nSPS) is 34.9. The molecular formula is C10H13NO2. The maximum atomic E-state index is 11.5. The minimum atomic E-state index is 0.0614.